The van der Waals surface area contributed by atoms with Crippen LogP contribution in [0, 0.1) is 0 Å². The first-order valence-electron chi connectivity index (χ1n) is 20.2. The van der Waals surface area contributed by atoms with Crippen molar-refractivity contribution in [3.63, 3.8) is 0 Å². The molecule has 276 valence electrons. The molecule has 4 nitrogen and oxygen atoms in total. The molecule has 0 unspecified atom stereocenters. The summed E-state index contributed by atoms with van der Waals surface area (Å²) in [5, 5.41) is 8.20. The van der Waals surface area contributed by atoms with Crippen LogP contribution >= 0.6 is 0 Å². The fourth-order valence-corrected chi connectivity index (χ4v) is 9.66. The van der Waals surface area contributed by atoms with Crippen molar-refractivity contribution in [1.82, 2.24) is 9.13 Å². The lowest BCUT2D eigenvalue weighted by Crippen LogP contribution is -2.00. The zero-order valence-corrected chi connectivity index (χ0v) is 31.9. The molecule has 0 spiro atoms. The van der Waals surface area contributed by atoms with Crippen LogP contribution in [0.4, 0.5) is 0 Å². The van der Waals surface area contributed by atoms with Gasteiger partial charge in [-0.2, -0.15) is 0 Å². The minimum Gasteiger partial charge on any atom is -0.456 e. The number of rotatable bonds is 4. The quantitative estimate of drug-likeness (QED) is 0.179. The Morgan fingerprint density at radius 2 is 0.831 bits per heavy atom. The number of hydrogen-bond acceptors (Lipinski definition) is 2. The van der Waals surface area contributed by atoms with E-state index in [1.54, 1.807) is 0 Å². The van der Waals surface area contributed by atoms with E-state index >= 15 is 0 Å². The Bertz CT molecular complexity index is 3720. The summed E-state index contributed by atoms with van der Waals surface area (Å²) >= 11 is 0. The van der Waals surface area contributed by atoms with E-state index in [4.69, 9.17) is 8.83 Å². The van der Waals surface area contributed by atoms with Crippen molar-refractivity contribution in [2.75, 3.05) is 0 Å². The zero-order chi connectivity index (χ0) is 38.6. The van der Waals surface area contributed by atoms with Gasteiger partial charge in [0.15, 0.2) is 0 Å². The molecule has 4 aromatic heterocycles. The van der Waals surface area contributed by atoms with Gasteiger partial charge in [0.2, 0.25) is 0 Å². The predicted molar refractivity (Wildman–Crippen MR) is 245 cm³/mol. The Labute approximate surface area is 338 Å². The van der Waals surface area contributed by atoms with E-state index in [2.05, 4.69) is 203 Å². The number of benzene rings is 8. The predicted octanol–water partition coefficient (Wildman–Crippen LogP) is 15.0. The molecule has 4 heteroatoms. The van der Waals surface area contributed by atoms with Crippen LogP contribution in [0.3, 0.4) is 0 Å². The summed E-state index contributed by atoms with van der Waals surface area (Å²) < 4.78 is 17.6. The van der Waals surface area contributed by atoms with E-state index in [1.165, 1.54) is 44.0 Å². The molecule has 0 amide bonds. The molecular weight excluding hydrogens is 721 g/mol. The van der Waals surface area contributed by atoms with E-state index in [0.29, 0.717) is 0 Å². The standard InChI is InChI=1S/C55H34N2O2/c1-2-13-40-41-14-4-7-18-49(41)56(48(40)17-3-1)38-23-27-54-46(32-38)44-30-36(21-25-52(44)58-54)34-11-10-12-35(29-34)37-22-26-53-45(31-37)47-33-39(24-28-55(47)59-53)57-50-19-8-5-15-42(50)43-16-6-9-20-51(43)57/h1-16,18-33H,17H2. The molecule has 0 saturated carbocycles. The van der Waals surface area contributed by atoms with Crippen molar-refractivity contribution in [2.45, 2.75) is 6.42 Å². The first-order valence-corrected chi connectivity index (χ1v) is 20.2. The van der Waals surface area contributed by atoms with E-state index in [9.17, 15) is 0 Å². The Balaban J connectivity index is 0.903. The number of furan rings is 2. The fraction of sp³-hybridized carbons (Fsp3) is 0.0182. The van der Waals surface area contributed by atoms with Crippen LogP contribution in [0.1, 0.15) is 11.3 Å². The second-order valence-electron chi connectivity index (χ2n) is 15.6. The first-order chi connectivity index (χ1) is 29.2. The highest BCUT2D eigenvalue weighted by Gasteiger charge is 2.19. The lowest BCUT2D eigenvalue weighted by Gasteiger charge is -2.11. The average molecular weight is 755 g/mol. The minimum absolute atomic E-state index is 0.870. The maximum atomic E-state index is 6.43. The molecule has 12 aromatic rings. The number of fused-ring (bicyclic) bond motifs is 12. The van der Waals surface area contributed by atoms with Gasteiger partial charge in [-0.05, 0) is 107 Å². The van der Waals surface area contributed by atoms with Crippen molar-refractivity contribution in [3.05, 3.63) is 199 Å². The summed E-state index contributed by atoms with van der Waals surface area (Å²) in [6, 6.07) is 61.1. The average Bonchev–Trinajstić information content (AvgIpc) is 3.98. The van der Waals surface area contributed by atoms with Gasteiger partial charge in [0.1, 0.15) is 22.3 Å². The Hall–Kier alpha value is -7.82. The van der Waals surface area contributed by atoms with Crippen molar-refractivity contribution >= 4 is 82.7 Å². The molecule has 13 rings (SSSR count). The third-order valence-corrected chi connectivity index (χ3v) is 12.4. The molecule has 0 radical (unpaired) electrons. The van der Waals surface area contributed by atoms with Crippen molar-refractivity contribution < 1.29 is 8.83 Å². The van der Waals surface area contributed by atoms with Crippen LogP contribution in [-0.4, -0.2) is 9.13 Å². The number of hydrogen-bond donors (Lipinski definition) is 0. The SMILES string of the molecule is C1=CCc2c(c3ccccc3n2-c2ccc3oc4ccc(-c5cccc(-c6ccc7oc8ccc(-n9c%10ccccc%10c%10ccccc%109)cc8c7c6)c5)cc4c3c2)C=C1. The van der Waals surface area contributed by atoms with Crippen LogP contribution in [0.5, 0.6) is 0 Å². The summed E-state index contributed by atoms with van der Waals surface area (Å²) in [7, 11) is 0. The molecular formula is C55H34N2O2. The maximum Gasteiger partial charge on any atom is 0.135 e. The van der Waals surface area contributed by atoms with E-state index in [-0.39, 0.29) is 0 Å². The van der Waals surface area contributed by atoms with Gasteiger partial charge >= 0.3 is 0 Å². The van der Waals surface area contributed by atoms with Crippen LogP contribution in [0.15, 0.2) is 197 Å². The number of allylic oxidation sites excluding steroid dienone is 3. The van der Waals surface area contributed by atoms with Gasteiger partial charge in [-0.15, -0.1) is 0 Å². The van der Waals surface area contributed by atoms with Gasteiger partial charge in [-0.1, -0.05) is 109 Å². The monoisotopic (exact) mass is 754 g/mol. The minimum atomic E-state index is 0.870. The highest BCUT2D eigenvalue weighted by molar-refractivity contribution is 6.11. The van der Waals surface area contributed by atoms with E-state index in [1.807, 2.05) is 0 Å². The molecule has 8 aromatic carbocycles. The molecule has 0 bridgehead atoms. The Kier molecular flexibility index (Phi) is 6.75. The van der Waals surface area contributed by atoms with Crippen LogP contribution < -0.4 is 0 Å². The second kappa shape index (κ2) is 12.3. The summed E-state index contributed by atoms with van der Waals surface area (Å²) in [4.78, 5) is 0. The summed E-state index contributed by atoms with van der Waals surface area (Å²) in [5.74, 6) is 0. The highest BCUT2D eigenvalue weighted by atomic mass is 16.3. The summed E-state index contributed by atoms with van der Waals surface area (Å²) in [6.07, 6.45) is 9.64. The third-order valence-electron chi connectivity index (χ3n) is 12.4. The molecule has 4 heterocycles. The molecule has 0 N–H and O–H groups in total. The van der Waals surface area contributed by atoms with Crippen molar-refractivity contribution in [3.8, 4) is 33.6 Å². The van der Waals surface area contributed by atoms with Gasteiger partial charge in [0.25, 0.3) is 0 Å². The van der Waals surface area contributed by atoms with Gasteiger partial charge < -0.3 is 18.0 Å². The lowest BCUT2D eigenvalue weighted by atomic mass is 9.97. The Morgan fingerprint density at radius 3 is 1.42 bits per heavy atom. The maximum absolute atomic E-state index is 6.43. The number of aromatic nitrogens is 2. The van der Waals surface area contributed by atoms with E-state index < -0.39 is 0 Å². The smallest absolute Gasteiger partial charge is 0.135 e. The molecule has 0 saturated heterocycles. The van der Waals surface area contributed by atoms with Crippen LogP contribution in [0.2, 0.25) is 0 Å². The van der Waals surface area contributed by atoms with Crippen molar-refractivity contribution in [1.29, 1.82) is 0 Å². The summed E-state index contributed by atoms with van der Waals surface area (Å²) in [6.45, 7) is 0. The lowest BCUT2D eigenvalue weighted by molar-refractivity contribution is 0.668. The Morgan fingerprint density at radius 1 is 0.356 bits per heavy atom. The largest absolute Gasteiger partial charge is 0.456 e. The fourth-order valence-electron chi connectivity index (χ4n) is 9.66. The van der Waals surface area contributed by atoms with Gasteiger partial charge in [-0.25, -0.2) is 0 Å². The summed E-state index contributed by atoms with van der Waals surface area (Å²) in [5.41, 5.74) is 16.6. The van der Waals surface area contributed by atoms with Gasteiger partial charge in [0, 0.05) is 66.8 Å². The first kappa shape index (κ1) is 32.3. The van der Waals surface area contributed by atoms with Gasteiger partial charge in [-0.3, -0.25) is 0 Å². The molecule has 1 aliphatic carbocycles. The topological polar surface area (TPSA) is 36.1 Å². The zero-order valence-electron chi connectivity index (χ0n) is 31.9. The normalized spacial score (nSPS) is 12.9. The van der Waals surface area contributed by atoms with Gasteiger partial charge in [0.05, 0.1) is 16.6 Å². The highest BCUT2D eigenvalue weighted by Crippen LogP contribution is 2.40. The molecule has 0 fully saturated rings. The van der Waals surface area contributed by atoms with Crippen molar-refractivity contribution in [2.24, 2.45) is 0 Å². The second-order valence-corrected chi connectivity index (χ2v) is 15.6. The molecule has 59 heavy (non-hydrogen) atoms. The van der Waals surface area contributed by atoms with E-state index in [0.717, 1.165) is 83.9 Å². The number of para-hydroxylation sites is 3. The third kappa shape index (κ3) is 4.84. The molecule has 0 atom stereocenters. The number of nitrogens with zero attached hydrogens (tertiary/aromatic N) is 2. The molecule has 1 aliphatic rings. The van der Waals surface area contributed by atoms with Crippen LogP contribution in [-0.2, 0) is 6.42 Å². The molecule has 0 aliphatic heterocycles. The van der Waals surface area contributed by atoms with Crippen LogP contribution in [0.25, 0.3) is 116 Å².